The van der Waals surface area contributed by atoms with Crippen molar-refractivity contribution in [3.63, 3.8) is 0 Å². The van der Waals surface area contributed by atoms with Gasteiger partial charge in [-0.25, -0.2) is 0 Å². The predicted molar refractivity (Wildman–Crippen MR) is 89.7 cm³/mol. The number of halogens is 1. The first-order chi connectivity index (χ1) is 10.3. The van der Waals surface area contributed by atoms with Crippen LogP contribution in [0.15, 0.2) is 46.9 Å². The highest BCUT2D eigenvalue weighted by Gasteiger charge is 2.21. The van der Waals surface area contributed by atoms with Gasteiger partial charge in [0, 0.05) is 10.5 Å². The van der Waals surface area contributed by atoms with Gasteiger partial charge in [-0.15, -0.1) is 0 Å². The molecule has 1 aliphatic carbocycles. The van der Waals surface area contributed by atoms with Gasteiger partial charge in [-0.05, 0) is 61.2 Å². The Morgan fingerprint density at radius 1 is 1.19 bits per heavy atom. The molecule has 0 fully saturated rings. The zero-order valence-electron chi connectivity index (χ0n) is 12.2. The molecule has 1 atom stereocenters. The van der Waals surface area contributed by atoms with E-state index in [1.807, 2.05) is 7.05 Å². The second-order valence-corrected chi connectivity index (χ2v) is 6.39. The molecule has 2 nitrogen and oxygen atoms in total. The minimum Gasteiger partial charge on any atom is -0.489 e. The van der Waals surface area contributed by atoms with E-state index in [4.69, 9.17) is 4.74 Å². The van der Waals surface area contributed by atoms with Gasteiger partial charge in [0.1, 0.15) is 12.4 Å². The molecule has 0 bridgehead atoms. The maximum Gasteiger partial charge on any atom is 0.123 e. The van der Waals surface area contributed by atoms with Crippen LogP contribution in [-0.2, 0) is 13.0 Å². The van der Waals surface area contributed by atoms with Gasteiger partial charge in [-0.1, -0.05) is 40.2 Å². The fraction of sp³-hybridized carbons (Fsp3) is 0.333. The molecule has 1 N–H and O–H groups in total. The first-order valence-electron chi connectivity index (χ1n) is 7.44. The van der Waals surface area contributed by atoms with Crippen molar-refractivity contribution in [1.29, 1.82) is 0 Å². The van der Waals surface area contributed by atoms with E-state index in [2.05, 4.69) is 63.7 Å². The highest BCUT2D eigenvalue weighted by Crippen LogP contribution is 2.35. The normalized spacial score (nSPS) is 17.3. The predicted octanol–water partition coefficient (Wildman–Crippen LogP) is 4.62. The summed E-state index contributed by atoms with van der Waals surface area (Å²) in [5.74, 6) is 1.04. The van der Waals surface area contributed by atoms with E-state index < -0.39 is 0 Å². The summed E-state index contributed by atoms with van der Waals surface area (Å²) >= 11 is 3.46. The second kappa shape index (κ2) is 6.63. The Balaban J connectivity index is 1.78. The van der Waals surface area contributed by atoms with E-state index in [1.165, 1.54) is 29.5 Å². The van der Waals surface area contributed by atoms with Crippen molar-refractivity contribution in [2.75, 3.05) is 7.05 Å². The molecule has 3 heteroatoms. The van der Waals surface area contributed by atoms with E-state index in [-0.39, 0.29) is 0 Å². The van der Waals surface area contributed by atoms with Gasteiger partial charge in [0.05, 0.1) is 0 Å². The van der Waals surface area contributed by atoms with Crippen LogP contribution in [0, 0.1) is 0 Å². The van der Waals surface area contributed by atoms with E-state index >= 15 is 0 Å². The lowest BCUT2D eigenvalue weighted by Gasteiger charge is -2.26. The second-order valence-electron chi connectivity index (χ2n) is 5.47. The van der Waals surface area contributed by atoms with Crippen molar-refractivity contribution >= 4 is 15.9 Å². The summed E-state index contributed by atoms with van der Waals surface area (Å²) < 4.78 is 7.18. The quantitative estimate of drug-likeness (QED) is 0.872. The lowest BCUT2D eigenvalue weighted by Crippen LogP contribution is -2.22. The van der Waals surface area contributed by atoms with Crippen LogP contribution in [0.1, 0.15) is 35.6 Å². The summed E-state index contributed by atoms with van der Waals surface area (Å²) in [5, 5.41) is 3.41. The highest BCUT2D eigenvalue weighted by molar-refractivity contribution is 9.10. The Morgan fingerprint density at radius 2 is 2.00 bits per heavy atom. The minimum atomic E-state index is 0.463. The molecule has 0 aliphatic heterocycles. The zero-order valence-corrected chi connectivity index (χ0v) is 13.8. The molecular weight excluding hydrogens is 326 g/mol. The molecule has 3 rings (SSSR count). The van der Waals surface area contributed by atoms with E-state index in [0.29, 0.717) is 12.6 Å². The summed E-state index contributed by atoms with van der Waals surface area (Å²) in [5.41, 5.74) is 3.97. The molecule has 0 radical (unpaired) electrons. The van der Waals surface area contributed by atoms with Crippen LogP contribution in [0.5, 0.6) is 5.75 Å². The molecule has 0 heterocycles. The number of ether oxygens (including phenoxy) is 1. The molecule has 1 unspecified atom stereocenters. The summed E-state index contributed by atoms with van der Waals surface area (Å²) in [6.07, 6.45) is 3.54. The monoisotopic (exact) mass is 345 g/mol. The van der Waals surface area contributed by atoms with Gasteiger partial charge < -0.3 is 10.1 Å². The summed E-state index contributed by atoms with van der Waals surface area (Å²) in [6.45, 7) is 0.619. The van der Waals surface area contributed by atoms with Crippen LogP contribution in [0.2, 0.25) is 0 Å². The zero-order chi connectivity index (χ0) is 14.7. The average molecular weight is 346 g/mol. The number of nitrogens with one attached hydrogen (secondary N) is 1. The first kappa shape index (κ1) is 14.6. The lowest BCUT2D eigenvalue weighted by molar-refractivity contribution is 0.300. The maximum absolute atomic E-state index is 6.08. The Hall–Kier alpha value is -1.32. The number of benzene rings is 2. The van der Waals surface area contributed by atoms with E-state index in [9.17, 15) is 0 Å². The number of fused-ring (bicyclic) bond motifs is 1. The van der Waals surface area contributed by atoms with Crippen LogP contribution in [0.25, 0.3) is 0 Å². The van der Waals surface area contributed by atoms with Crippen LogP contribution < -0.4 is 10.1 Å². The van der Waals surface area contributed by atoms with Gasteiger partial charge >= 0.3 is 0 Å². The van der Waals surface area contributed by atoms with Crippen molar-refractivity contribution in [3.8, 4) is 5.75 Å². The fourth-order valence-electron chi connectivity index (χ4n) is 2.99. The summed E-state index contributed by atoms with van der Waals surface area (Å²) in [6, 6.07) is 15.2. The van der Waals surface area contributed by atoms with Crippen molar-refractivity contribution in [2.24, 2.45) is 0 Å². The largest absolute Gasteiger partial charge is 0.489 e. The minimum absolute atomic E-state index is 0.463. The van der Waals surface area contributed by atoms with E-state index in [0.717, 1.165) is 16.6 Å². The molecule has 0 amide bonds. The third kappa shape index (κ3) is 3.30. The van der Waals surface area contributed by atoms with Gasteiger partial charge in [0.15, 0.2) is 0 Å². The highest BCUT2D eigenvalue weighted by atomic mass is 79.9. The van der Waals surface area contributed by atoms with Gasteiger partial charge in [-0.3, -0.25) is 0 Å². The van der Waals surface area contributed by atoms with Crippen molar-refractivity contribution in [3.05, 3.63) is 63.6 Å². The molecular formula is C18H20BrNO. The summed E-state index contributed by atoms with van der Waals surface area (Å²) in [7, 11) is 2.04. The SMILES string of the molecule is CNC1CCCc2c(OCc3ccc(Br)cc3)cccc21. The van der Waals surface area contributed by atoms with E-state index in [1.54, 1.807) is 0 Å². The average Bonchev–Trinajstić information content (AvgIpc) is 2.53. The fourth-order valence-corrected chi connectivity index (χ4v) is 3.26. The third-order valence-corrected chi connectivity index (χ3v) is 4.65. The van der Waals surface area contributed by atoms with Crippen LogP contribution in [0.4, 0.5) is 0 Å². The molecule has 110 valence electrons. The smallest absolute Gasteiger partial charge is 0.123 e. The molecule has 0 saturated carbocycles. The Labute approximate surface area is 134 Å². The van der Waals surface area contributed by atoms with Crippen molar-refractivity contribution in [1.82, 2.24) is 5.32 Å². The topological polar surface area (TPSA) is 21.3 Å². The lowest BCUT2D eigenvalue weighted by atomic mass is 9.87. The van der Waals surface area contributed by atoms with Crippen LogP contribution >= 0.6 is 15.9 Å². The number of hydrogen-bond donors (Lipinski definition) is 1. The molecule has 0 aromatic heterocycles. The summed E-state index contributed by atoms with van der Waals surface area (Å²) in [4.78, 5) is 0. The Bertz CT molecular complexity index is 609. The third-order valence-electron chi connectivity index (χ3n) is 4.12. The van der Waals surface area contributed by atoms with Crippen LogP contribution in [0.3, 0.4) is 0 Å². The van der Waals surface area contributed by atoms with Crippen molar-refractivity contribution < 1.29 is 4.74 Å². The number of hydrogen-bond acceptors (Lipinski definition) is 2. The Kier molecular flexibility index (Phi) is 4.61. The first-order valence-corrected chi connectivity index (χ1v) is 8.23. The van der Waals surface area contributed by atoms with Gasteiger partial charge in [0.2, 0.25) is 0 Å². The molecule has 1 aliphatic rings. The Morgan fingerprint density at radius 3 is 2.76 bits per heavy atom. The maximum atomic E-state index is 6.08. The molecule has 2 aromatic rings. The standard InChI is InChI=1S/C18H20BrNO/c1-20-17-6-2-5-16-15(17)4-3-7-18(16)21-12-13-8-10-14(19)11-9-13/h3-4,7-11,17,20H,2,5-6,12H2,1H3. The molecule has 0 spiro atoms. The van der Waals surface area contributed by atoms with Gasteiger partial charge in [0.25, 0.3) is 0 Å². The molecule has 0 saturated heterocycles. The molecule has 21 heavy (non-hydrogen) atoms. The van der Waals surface area contributed by atoms with Crippen molar-refractivity contribution in [2.45, 2.75) is 31.9 Å². The number of rotatable bonds is 4. The van der Waals surface area contributed by atoms with Gasteiger partial charge in [-0.2, -0.15) is 0 Å². The van der Waals surface area contributed by atoms with Crippen LogP contribution in [-0.4, -0.2) is 7.05 Å². The molecule has 2 aromatic carbocycles.